The van der Waals surface area contributed by atoms with Gasteiger partial charge in [-0.3, -0.25) is 14.5 Å². The van der Waals surface area contributed by atoms with Crippen molar-refractivity contribution in [1.82, 2.24) is 19.7 Å². The van der Waals surface area contributed by atoms with Crippen LogP contribution in [-0.2, 0) is 13.5 Å². The van der Waals surface area contributed by atoms with E-state index in [0.29, 0.717) is 11.6 Å². The third kappa shape index (κ3) is 4.50. The second-order valence-electron chi connectivity index (χ2n) is 9.12. The van der Waals surface area contributed by atoms with Gasteiger partial charge in [0.15, 0.2) is 5.78 Å². The van der Waals surface area contributed by atoms with Gasteiger partial charge in [-0.25, -0.2) is 4.98 Å². The Balaban J connectivity index is 1.41. The molecule has 0 amide bonds. The molecule has 2 atom stereocenters. The molecular weight excluding hydrogens is 412 g/mol. The maximum atomic E-state index is 13.2. The lowest BCUT2D eigenvalue weighted by atomic mass is 9.95. The van der Waals surface area contributed by atoms with Crippen LogP contribution in [0.1, 0.15) is 29.4 Å². The van der Waals surface area contributed by atoms with Crippen LogP contribution in [0.25, 0.3) is 22.0 Å². The summed E-state index contributed by atoms with van der Waals surface area (Å²) in [5.41, 5.74) is 11.5. The number of anilines is 1. The summed E-state index contributed by atoms with van der Waals surface area (Å²) in [6.07, 6.45) is 8.64. The predicted octanol–water partition coefficient (Wildman–Crippen LogP) is 3.63. The van der Waals surface area contributed by atoms with E-state index in [9.17, 15) is 4.79 Å². The zero-order valence-corrected chi connectivity index (χ0v) is 19.0. The van der Waals surface area contributed by atoms with Gasteiger partial charge >= 0.3 is 0 Å². The van der Waals surface area contributed by atoms with Crippen molar-refractivity contribution in [1.29, 1.82) is 0 Å². The van der Waals surface area contributed by atoms with Crippen LogP contribution in [0.4, 0.5) is 5.69 Å². The van der Waals surface area contributed by atoms with E-state index >= 15 is 0 Å². The van der Waals surface area contributed by atoms with Gasteiger partial charge in [-0.1, -0.05) is 25.1 Å². The normalized spacial score (nSPS) is 18.6. The summed E-state index contributed by atoms with van der Waals surface area (Å²) < 4.78 is 1.77. The van der Waals surface area contributed by atoms with Gasteiger partial charge in [-0.2, -0.15) is 5.10 Å². The van der Waals surface area contributed by atoms with Crippen molar-refractivity contribution in [3.05, 3.63) is 72.4 Å². The zero-order chi connectivity index (χ0) is 22.9. The van der Waals surface area contributed by atoms with Gasteiger partial charge in [-0.15, -0.1) is 0 Å². The van der Waals surface area contributed by atoms with Crippen molar-refractivity contribution < 1.29 is 4.79 Å². The Morgan fingerprint density at radius 1 is 1.12 bits per heavy atom. The fourth-order valence-corrected chi connectivity index (χ4v) is 4.75. The molecule has 0 spiro atoms. The molecule has 1 fully saturated rings. The lowest BCUT2D eigenvalue weighted by Crippen LogP contribution is -2.46. The molecule has 7 heteroatoms. The van der Waals surface area contributed by atoms with Crippen LogP contribution in [-0.4, -0.2) is 44.7 Å². The number of benzene rings is 1. The fourth-order valence-electron chi connectivity index (χ4n) is 4.75. The summed E-state index contributed by atoms with van der Waals surface area (Å²) in [5, 5.41) is 5.24. The molecule has 4 aromatic rings. The molecule has 4 heterocycles. The highest BCUT2D eigenvalue weighted by atomic mass is 16.1. The maximum absolute atomic E-state index is 13.2. The molecule has 0 radical (unpaired) electrons. The number of pyridine rings is 2. The second kappa shape index (κ2) is 8.75. The van der Waals surface area contributed by atoms with Crippen LogP contribution in [0.15, 0.2) is 61.2 Å². The molecule has 5 rings (SSSR count). The van der Waals surface area contributed by atoms with Crippen LogP contribution in [0, 0.1) is 5.92 Å². The summed E-state index contributed by atoms with van der Waals surface area (Å²) in [7, 11) is 1.89. The van der Waals surface area contributed by atoms with Gasteiger partial charge in [0.25, 0.3) is 0 Å². The summed E-state index contributed by atoms with van der Waals surface area (Å²) in [6.45, 7) is 3.95. The molecule has 1 aromatic carbocycles. The minimum Gasteiger partial charge on any atom is -0.369 e. The number of hydrogen-bond donors (Lipinski definition) is 1. The van der Waals surface area contributed by atoms with Crippen molar-refractivity contribution >= 4 is 22.4 Å². The van der Waals surface area contributed by atoms with E-state index in [0.717, 1.165) is 52.8 Å². The van der Waals surface area contributed by atoms with E-state index < -0.39 is 0 Å². The minimum atomic E-state index is -0.0210. The zero-order valence-electron chi connectivity index (χ0n) is 19.0. The number of nitrogens with two attached hydrogens (primary N) is 1. The van der Waals surface area contributed by atoms with Gasteiger partial charge in [-0.05, 0) is 36.1 Å². The van der Waals surface area contributed by atoms with Crippen LogP contribution < -0.4 is 10.6 Å². The molecule has 0 saturated carbocycles. The van der Waals surface area contributed by atoms with Crippen molar-refractivity contribution in [2.75, 3.05) is 18.0 Å². The number of ketones is 1. The van der Waals surface area contributed by atoms with Crippen molar-refractivity contribution in [2.24, 2.45) is 18.7 Å². The number of hydrogen-bond acceptors (Lipinski definition) is 6. The van der Waals surface area contributed by atoms with E-state index in [1.807, 2.05) is 49.8 Å². The van der Waals surface area contributed by atoms with E-state index in [1.54, 1.807) is 17.1 Å². The van der Waals surface area contributed by atoms with Crippen molar-refractivity contribution in [3.8, 4) is 11.1 Å². The largest absolute Gasteiger partial charge is 0.369 e. The minimum absolute atomic E-state index is 0.0210. The Morgan fingerprint density at radius 2 is 1.97 bits per heavy atom. The summed E-state index contributed by atoms with van der Waals surface area (Å²) >= 11 is 0. The van der Waals surface area contributed by atoms with Gasteiger partial charge in [0.1, 0.15) is 5.69 Å². The molecule has 0 unspecified atom stereocenters. The van der Waals surface area contributed by atoms with Crippen LogP contribution in [0.2, 0.25) is 0 Å². The van der Waals surface area contributed by atoms with Crippen LogP contribution in [0.3, 0.4) is 0 Å². The standard InChI is InChI=1S/C26H28N6O/c1-17-9-22(27)16-32(14-17)25-7-8-28-12-20(25)11-26(33)23-6-5-18-3-4-19(10-24(18)30-23)21-13-29-31(2)15-21/h3-8,10,12-13,15,17,22H,9,11,14,16,27H2,1-2H3/t17-,22+/m1/s1. The number of carbonyl (C=O) groups is 1. The van der Waals surface area contributed by atoms with Crippen molar-refractivity contribution in [3.63, 3.8) is 0 Å². The van der Waals surface area contributed by atoms with Crippen LogP contribution in [0.5, 0.6) is 0 Å². The molecule has 1 aliphatic rings. The number of piperidine rings is 1. The smallest absolute Gasteiger partial charge is 0.185 e. The number of Topliss-reactive ketones (excluding diaryl/α,β-unsaturated/α-hetero) is 1. The highest BCUT2D eigenvalue weighted by molar-refractivity contribution is 5.98. The molecule has 1 saturated heterocycles. The summed E-state index contributed by atoms with van der Waals surface area (Å²) in [4.78, 5) is 24.5. The molecule has 0 aliphatic carbocycles. The quantitative estimate of drug-likeness (QED) is 0.477. The lowest BCUT2D eigenvalue weighted by Gasteiger charge is -2.37. The second-order valence-corrected chi connectivity index (χ2v) is 9.12. The first-order valence-electron chi connectivity index (χ1n) is 11.3. The Morgan fingerprint density at radius 3 is 2.76 bits per heavy atom. The van der Waals surface area contributed by atoms with Crippen molar-refractivity contribution in [2.45, 2.75) is 25.8 Å². The first-order valence-corrected chi connectivity index (χ1v) is 11.3. The average Bonchev–Trinajstić information content (AvgIpc) is 3.24. The third-order valence-corrected chi connectivity index (χ3v) is 6.28. The number of carbonyl (C=O) groups excluding carboxylic acids is 1. The van der Waals surface area contributed by atoms with Gasteiger partial charge in [0.2, 0.25) is 0 Å². The van der Waals surface area contributed by atoms with Gasteiger partial charge < -0.3 is 10.6 Å². The number of aryl methyl sites for hydroxylation is 1. The first-order chi connectivity index (χ1) is 16.0. The number of nitrogens with zero attached hydrogens (tertiary/aromatic N) is 5. The molecule has 3 aromatic heterocycles. The Bertz CT molecular complexity index is 1300. The lowest BCUT2D eigenvalue weighted by molar-refractivity contribution is 0.0988. The summed E-state index contributed by atoms with van der Waals surface area (Å²) in [6, 6.07) is 12.0. The van der Waals surface area contributed by atoms with E-state index in [4.69, 9.17) is 10.7 Å². The van der Waals surface area contributed by atoms with Crippen LogP contribution >= 0.6 is 0 Å². The molecular formula is C26H28N6O. The fraction of sp³-hybridized carbons (Fsp3) is 0.308. The molecule has 1 aliphatic heterocycles. The summed E-state index contributed by atoms with van der Waals surface area (Å²) in [5.74, 6) is 0.494. The number of rotatable bonds is 5. The molecule has 168 valence electrons. The Kier molecular flexibility index (Phi) is 5.64. The molecule has 7 nitrogen and oxygen atoms in total. The van der Waals surface area contributed by atoms with E-state index in [-0.39, 0.29) is 18.2 Å². The maximum Gasteiger partial charge on any atom is 0.185 e. The highest BCUT2D eigenvalue weighted by Gasteiger charge is 2.24. The Hall–Kier alpha value is -3.58. The highest BCUT2D eigenvalue weighted by Crippen LogP contribution is 2.27. The van der Waals surface area contributed by atoms with Gasteiger partial charge in [0.05, 0.1) is 11.7 Å². The number of fused-ring (bicyclic) bond motifs is 1. The van der Waals surface area contributed by atoms with E-state index in [2.05, 4.69) is 28.0 Å². The third-order valence-electron chi connectivity index (χ3n) is 6.28. The monoisotopic (exact) mass is 440 g/mol. The Labute approximate surface area is 193 Å². The average molecular weight is 441 g/mol. The predicted molar refractivity (Wildman–Crippen MR) is 130 cm³/mol. The molecule has 0 bridgehead atoms. The first kappa shape index (κ1) is 21.3. The topological polar surface area (TPSA) is 89.9 Å². The molecule has 33 heavy (non-hydrogen) atoms. The van der Waals surface area contributed by atoms with E-state index in [1.165, 1.54) is 0 Å². The number of aromatic nitrogens is 4. The SMILES string of the molecule is C[C@@H]1C[C@H](N)CN(c2ccncc2CC(=O)c2ccc3ccc(-c4cnn(C)c4)cc3n2)C1. The van der Waals surface area contributed by atoms with Gasteiger partial charge in [0, 0.05) is 73.4 Å². The molecule has 2 N–H and O–H groups in total.